The summed E-state index contributed by atoms with van der Waals surface area (Å²) >= 11 is 0. The molecule has 2 aromatic rings. The molecule has 0 aromatic heterocycles. The summed E-state index contributed by atoms with van der Waals surface area (Å²) in [5, 5.41) is 8.96. The van der Waals surface area contributed by atoms with Gasteiger partial charge in [0.25, 0.3) is 0 Å². The molecule has 1 aliphatic rings. The number of likely N-dealkylation sites (tertiary alicyclic amines) is 1. The van der Waals surface area contributed by atoms with Gasteiger partial charge in [0, 0.05) is 31.5 Å². The van der Waals surface area contributed by atoms with Gasteiger partial charge in [-0.3, -0.25) is 4.79 Å². The first-order chi connectivity index (χ1) is 12.3. The number of unbranched alkanes of at least 4 members (excludes halogenated alkanes) is 2. The fourth-order valence-electron chi connectivity index (χ4n) is 3.92. The second-order valence-corrected chi connectivity index (χ2v) is 6.91. The zero-order chi connectivity index (χ0) is 17.5. The molecule has 0 unspecified atom stereocenters. The van der Waals surface area contributed by atoms with Crippen molar-refractivity contribution < 1.29 is 9.90 Å². The van der Waals surface area contributed by atoms with Crippen LogP contribution in [0.3, 0.4) is 0 Å². The Kier molecular flexibility index (Phi) is 5.87. The molecule has 3 rings (SSSR count). The monoisotopic (exact) mass is 337 g/mol. The Morgan fingerprint density at radius 1 is 0.880 bits per heavy atom. The van der Waals surface area contributed by atoms with Crippen LogP contribution in [0.1, 0.15) is 43.2 Å². The Balaban J connectivity index is 1.88. The minimum atomic E-state index is -0.132. The number of rotatable bonds is 7. The van der Waals surface area contributed by atoms with Crippen molar-refractivity contribution in [3.8, 4) is 0 Å². The van der Waals surface area contributed by atoms with Gasteiger partial charge in [0.05, 0.1) is 0 Å². The third-order valence-electron chi connectivity index (χ3n) is 5.32. The SMILES string of the molecule is O=C1CCC(c2ccccc2)(c2ccccc2)CN1CCCCCO. The molecule has 0 radical (unpaired) electrons. The van der Waals surface area contributed by atoms with Crippen molar-refractivity contribution in [3.63, 3.8) is 0 Å². The number of hydrogen-bond acceptors (Lipinski definition) is 2. The number of hydrogen-bond donors (Lipinski definition) is 1. The van der Waals surface area contributed by atoms with Crippen molar-refractivity contribution in [2.75, 3.05) is 19.7 Å². The van der Waals surface area contributed by atoms with Gasteiger partial charge in [0.1, 0.15) is 0 Å². The summed E-state index contributed by atoms with van der Waals surface area (Å²) in [6.45, 7) is 1.74. The first-order valence-corrected chi connectivity index (χ1v) is 9.26. The van der Waals surface area contributed by atoms with E-state index >= 15 is 0 Å². The molecule has 1 N–H and O–H groups in total. The van der Waals surface area contributed by atoms with E-state index in [1.165, 1.54) is 11.1 Å². The van der Waals surface area contributed by atoms with E-state index in [1.54, 1.807) is 0 Å². The molecule has 25 heavy (non-hydrogen) atoms. The standard InChI is InChI=1S/C22H27NO2/c24-17-9-3-8-16-23-18-22(15-14-21(23)25,19-10-4-1-5-11-19)20-12-6-2-7-13-20/h1-2,4-7,10-13,24H,3,8-9,14-18H2. The molecule has 132 valence electrons. The molecule has 2 aromatic carbocycles. The lowest BCUT2D eigenvalue weighted by Gasteiger charge is -2.43. The number of amides is 1. The predicted molar refractivity (Wildman–Crippen MR) is 100 cm³/mol. The summed E-state index contributed by atoms with van der Waals surface area (Å²) in [6, 6.07) is 21.2. The Morgan fingerprint density at radius 2 is 1.48 bits per heavy atom. The molecule has 3 heteroatoms. The number of aliphatic hydroxyl groups is 1. The van der Waals surface area contributed by atoms with E-state index in [9.17, 15) is 4.79 Å². The Labute approximate surface area is 150 Å². The number of carbonyl (C=O) groups excluding carboxylic acids is 1. The highest BCUT2D eigenvalue weighted by Gasteiger charge is 2.41. The number of nitrogens with zero attached hydrogens (tertiary/aromatic N) is 1. The van der Waals surface area contributed by atoms with Gasteiger partial charge in [0.2, 0.25) is 5.91 Å². The van der Waals surface area contributed by atoms with Crippen LogP contribution in [0.25, 0.3) is 0 Å². The van der Waals surface area contributed by atoms with Crippen LogP contribution >= 0.6 is 0 Å². The van der Waals surface area contributed by atoms with Crippen LogP contribution in [-0.4, -0.2) is 35.6 Å². The molecule has 1 fully saturated rings. The van der Waals surface area contributed by atoms with E-state index in [1.807, 2.05) is 17.0 Å². The highest BCUT2D eigenvalue weighted by molar-refractivity contribution is 5.78. The maximum absolute atomic E-state index is 12.5. The molecule has 1 amide bonds. The Morgan fingerprint density at radius 3 is 2.04 bits per heavy atom. The quantitative estimate of drug-likeness (QED) is 0.782. The summed E-state index contributed by atoms with van der Waals surface area (Å²) in [5.74, 6) is 0.256. The van der Waals surface area contributed by atoms with Crippen LogP contribution in [0.15, 0.2) is 60.7 Å². The van der Waals surface area contributed by atoms with E-state index in [4.69, 9.17) is 5.11 Å². The topological polar surface area (TPSA) is 40.5 Å². The fraction of sp³-hybridized carbons (Fsp3) is 0.409. The van der Waals surface area contributed by atoms with Crippen molar-refractivity contribution >= 4 is 5.91 Å². The van der Waals surface area contributed by atoms with E-state index in [-0.39, 0.29) is 17.9 Å². The van der Waals surface area contributed by atoms with Gasteiger partial charge in [0.15, 0.2) is 0 Å². The number of piperidine rings is 1. The fourth-order valence-corrected chi connectivity index (χ4v) is 3.92. The van der Waals surface area contributed by atoms with Crippen LogP contribution < -0.4 is 0 Å². The largest absolute Gasteiger partial charge is 0.396 e. The summed E-state index contributed by atoms with van der Waals surface area (Å²) in [4.78, 5) is 14.5. The molecular weight excluding hydrogens is 310 g/mol. The zero-order valence-electron chi connectivity index (χ0n) is 14.7. The number of benzene rings is 2. The molecule has 0 aliphatic carbocycles. The second kappa shape index (κ2) is 8.30. The van der Waals surface area contributed by atoms with Gasteiger partial charge in [-0.05, 0) is 36.8 Å². The molecule has 0 atom stereocenters. The maximum Gasteiger partial charge on any atom is 0.222 e. The van der Waals surface area contributed by atoms with Crippen LogP contribution in [0.5, 0.6) is 0 Å². The lowest BCUT2D eigenvalue weighted by Crippen LogP contribution is -2.49. The zero-order valence-corrected chi connectivity index (χ0v) is 14.7. The molecule has 1 aliphatic heterocycles. The lowest BCUT2D eigenvalue weighted by molar-refractivity contribution is -0.135. The highest BCUT2D eigenvalue weighted by atomic mass is 16.2. The third kappa shape index (κ3) is 3.93. The first-order valence-electron chi connectivity index (χ1n) is 9.26. The molecule has 3 nitrogen and oxygen atoms in total. The molecule has 0 saturated carbocycles. The third-order valence-corrected chi connectivity index (χ3v) is 5.32. The van der Waals surface area contributed by atoms with Crippen LogP contribution in [0, 0.1) is 0 Å². The van der Waals surface area contributed by atoms with Crippen molar-refractivity contribution in [2.24, 2.45) is 0 Å². The summed E-state index contributed by atoms with van der Waals surface area (Å²) < 4.78 is 0. The first kappa shape index (κ1) is 17.7. The molecule has 0 spiro atoms. The van der Waals surface area contributed by atoms with Crippen LogP contribution in [-0.2, 0) is 10.2 Å². The maximum atomic E-state index is 12.5. The van der Waals surface area contributed by atoms with Crippen LogP contribution in [0.2, 0.25) is 0 Å². The van der Waals surface area contributed by atoms with Crippen molar-refractivity contribution in [1.82, 2.24) is 4.90 Å². The van der Waals surface area contributed by atoms with Gasteiger partial charge in [-0.15, -0.1) is 0 Å². The molecule has 1 heterocycles. The van der Waals surface area contributed by atoms with E-state index < -0.39 is 0 Å². The van der Waals surface area contributed by atoms with Gasteiger partial charge < -0.3 is 10.0 Å². The highest BCUT2D eigenvalue weighted by Crippen LogP contribution is 2.40. The Bertz CT molecular complexity index is 629. The van der Waals surface area contributed by atoms with E-state index in [0.29, 0.717) is 6.42 Å². The minimum absolute atomic E-state index is 0.132. The normalized spacial score (nSPS) is 16.8. The second-order valence-electron chi connectivity index (χ2n) is 6.91. The van der Waals surface area contributed by atoms with Crippen LogP contribution in [0.4, 0.5) is 0 Å². The molecule has 0 bridgehead atoms. The summed E-state index contributed by atoms with van der Waals surface area (Å²) in [6.07, 6.45) is 4.16. The van der Waals surface area contributed by atoms with Crippen molar-refractivity contribution in [1.29, 1.82) is 0 Å². The van der Waals surface area contributed by atoms with E-state index in [2.05, 4.69) is 48.5 Å². The van der Waals surface area contributed by atoms with Gasteiger partial charge in [-0.1, -0.05) is 60.7 Å². The minimum Gasteiger partial charge on any atom is -0.396 e. The Hall–Kier alpha value is -2.13. The number of carbonyl (C=O) groups is 1. The molecule has 1 saturated heterocycles. The average Bonchev–Trinajstić information content (AvgIpc) is 2.68. The van der Waals surface area contributed by atoms with Gasteiger partial charge >= 0.3 is 0 Å². The van der Waals surface area contributed by atoms with Crippen molar-refractivity contribution in [2.45, 2.75) is 37.5 Å². The lowest BCUT2D eigenvalue weighted by atomic mass is 9.69. The van der Waals surface area contributed by atoms with Gasteiger partial charge in [-0.25, -0.2) is 0 Å². The smallest absolute Gasteiger partial charge is 0.222 e. The average molecular weight is 337 g/mol. The van der Waals surface area contributed by atoms with Gasteiger partial charge in [-0.2, -0.15) is 0 Å². The van der Waals surface area contributed by atoms with E-state index in [0.717, 1.165) is 38.8 Å². The molecular formula is C22H27NO2. The van der Waals surface area contributed by atoms with Crippen molar-refractivity contribution in [3.05, 3.63) is 71.8 Å². The number of aliphatic hydroxyl groups excluding tert-OH is 1. The summed E-state index contributed by atoms with van der Waals surface area (Å²) in [7, 11) is 0. The summed E-state index contributed by atoms with van der Waals surface area (Å²) in [5.41, 5.74) is 2.44. The predicted octanol–water partition coefficient (Wildman–Crippen LogP) is 3.76.